The zero-order valence-electron chi connectivity index (χ0n) is 10.8. The van der Waals surface area contributed by atoms with Gasteiger partial charge in [-0.25, -0.2) is 4.39 Å². The van der Waals surface area contributed by atoms with E-state index in [-0.39, 0.29) is 27.8 Å². The van der Waals surface area contributed by atoms with Crippen molar-refractivity contribution in [2.75, 3.05) is 0 Å². The molecule has 0 saturated carbocycles. The maximum atomic E-state index is 13.8. The van der Waals surface area contributed by atoms with Crippen molar-refractivity contribution in [1.29, 1.82) is 0 Å². The number of carbonyl (C=O) groups excluding carboxylic acids is 1. The Morgan fingerprint density at radius 1 is 1.33 bits per heavy atom. The van der Waals surface area contributed by atoms with Crippen molar-refractivity contribution in [1.82, 2.24) is 0 Å². The molecule has 0 heterocycles. The number of rotatable bonds is 4. The highest BCUT2D eigenvalue weighted by atomic mass is 35.5. The Labute approximate surface area is 124 Å². The number of Topliss-reactive ketones (excluding diaryl/α,β-unsaturated/α-hetero) is 1. The first-order valence-corrected chi connectivity index (χ1v) is 6.19. The maximum Gasteiger partial charge on any atom is 0.311 e. The lowest BCUT2D eigenvalue weighted by atomic mass is 10.1. The zero-order valence-corrected chi connectivity index (χ0v) is 11.6. The highest BCUT2D eigenvalue weighted by molar-refractivity contribution is 6.30. The smallest absolute Gasteiger partial charge is 0.311 e. The third kappa shape index (κ3) is 3.17. The fraction of sp³-hybridized carbons (Fsp3) is 0.0714. The molecule has 21 heavy (non-hydrogen) atoms. The molecule has 108 valence electrons. The first-order valence-electron chi connectivity index (χ1n) is 5.81. The molecule has 0 bridgehead atoms. The van der Waals surface area contributed by atoms with Crippen LogP contribution in [0.5, 0.6) is 11.5 Å². The zero-order chi connectivity index (χ0) is 15.6. The molecule has 2 aromatic carbocycles. The van der Waals surface area contributed by atoms with E-state index in [1.165, 1.54) is 31.2 Å². The van der Waals surface area contributed by atoms with Crippen LogP contribution < -0.4 is 4.74 Å². The first kappa shape index (κ1) is 14.9. The van der Waals surface area contributed by atoms with Gasteiger partial charge in [0.1, 0.15) is 0 Å². The van der Waals surface area contributed by atoms with Gasteiger partial charge < -0.3 is 4.74 Å². The second kappa shape index (κ2) is 5.88. The Bertz CT molecular complexity index is 733. The first-order chi connectivity index (χ1) is 9.90. The van der Waals surface area contributed by atoms with E-state index >= 15 is 0 Å². The molecule has 0 aromatic heterocycles. The summed E-state index contributed by atoms with van der Waals surface area (Å²) >= 11 is 5.77. The van der Waals surface area contributed by atoms with Gasteiger partial charge in [0.2, 0.25) is 5.75 Å². The van der Waals surface area contributed by atoms with Crippen molar-refractivity contribution in [3.63, 3.8) is 0 Å². The minimum atomic E-state index is -0.794. The molecule has 0 saturated heterocycles. The second-order valence-electron chi connectivity index (χ2n) is 4.14. The molecule has 0 aliphatic rings. The minimum absolute atomic E-state index is 0.00993. The normalized spacial score (nSPS) is 10.2. The number of carbonyl (C=O) groups is 1. The van der Waals surface area contributed by atoms with E-state index in [9.17, 15) is 19.3 Å². The monoisotopic (exact) mass is 309 g/mol. The van der Waals surface area contributed by atoms with Gasteiger partial charge in [0.25, 0.3) is 0 Å². The molecule has 0 spiro atoms. The number of para-hydroxylation sites is 1. The standard InChI is InChI=1S/C14H9ClFNO4/c1-8(18)10-3-2-4-11(16)14(10)21-13-7-9(15)5-6-12(13)17(19)20/h2-7H,1H3. The maximum absolute atomic E-state index is 13.8. The molecule has 0 N–H and O–H groups in total. The van der Waals surface area contributed by atoms with E-state index in [1.54, 1.807) is 0 Å². The van der Waals surface area contributed by atoms with Gasteiger partial charge >= 0.3 is 5.69 Å². The lowest BCUT2D eigenvalue weighted by Crippen LogP contribution is -2.01. The summed E-state index contributed by atoms with van der Waals surface area (Å²) in [6, 6.07) is 7.47. The molecule has 0 fully saturated rings. The van der Waals surface area contributed by atoms with Crippen molar-refractivity contribution < 1.29 is 18.8 Å². The van der Waals surface area contributed by atoms with Crippen LogP contribution in [0.25, 0.3) is 0 Å². The van der Waals surface area contributed by atoms with Crippen molar-refractivity contribution in [3.05, 3.63) is 62.9 Å². The van der Waals surface area contributed by atoms with Gasteiger partial charge in [-0.15, -0.1) is 0 Å². The summed E-state index contributed by atoms with van der Waals surface area (Å²) in [4.78, 5) is 21.8. The Kier molecular flexibility index (Phi) is 4.18. The number of ketones is 1. The molecule has 2 aromatic rings. The molecule has 0 aliphatic carbocycles. The summed E-state index contributed by atoms with van der Waals surface area (Å²) in [7, 11) is 0. The number of ether oxygens (including phenoxy) is 1. The van der Waals surface area contributed by atoms with Crippen LogP contribution in [0.4, 0.5) is 10.1 Å². The van der Waals surface area contributed by atoms with Crippen LogP contribution in [0.2, 0.25) is 5.02 Å². The van der Waals surface area contributed by atoms with Crippen LogP contribution in [-0.4, -0.2) is 10.7 Å². The molecule has 0 radical (unpaired) electrons. The van der Waals surface area contributed by atoms with Crippen molar-refractivity contribution in [2.45, 2.75) is 6.92 Å². The average molecular weight is 310 g/mol. The van der Waals surface area contributed by atoms with Crippen LogP contribution in [0.3, 0.4) is 0 Å². The molecule has 2 rings (SSSR count). The SMILES string of the molecule is CC(=O)c1cccc(F)c1Oc1cc(Cl)ccc1[N+](=O)[O-]. The number of nitro groups is 1. The van der Waals surface area contributed by atoms with Crippen LogP contribution in [0.15, 0.2) is 36.4 Å². The van der Waals surface area contributed by atoms with E-state index in [4.69, 9.17) is 16.3 Å². The van der Waals surface area contributed by atoms with Gasteiger partial charge in [-0.05, 0) is 25.1 Å². The topological polar surface area (TPSA) is 69.4 Å². The van der Waals surface area contributed by atoms with Gasteiger partial charge in [0, 0.05) is 17.2 Å². The quantitative estimate of drug-likeness (QED) is 0.477. The fourth-order valence-electron chi connectivity index (χ4n) is 1.72. The molecule has 0 amide bonds. The molecule has 0 unspecified atom stereocenters. The van der Waals surface area contributed by atoms with E-state index < -0.39 is 16.5 Å². The van der Waals surface area contributed by atoms with Crippen LogP contribution in [-0.2, 0) is 0 Å². The predicted octanol–water partition coefficient (Wildman–Crippen LogP) is 4.38. The molecule has 7 heteroatoms. The van der Waals surface area contributed by atoms with Crippen LogP contribution >= 0.6 is 11.6 Å². The Morgan fingerprint density at radius 2 is 2.05 bits per heavy atom. The van der Waals surface area contributed by atoms with Gasteiger partial charge in [-0.2, -0.15) is 0 Å². The molecular formula is C14H9ClFNO4. The number of benzene rings is 2. The number of hydrogen-bond donors (Lipinski definition) is 0. The molecule has 0 aliphatic heterocycles. The Morgan fingerprint density at radius 3 is 2.67 bits per heavy atom. The lowest BCUT2D eigenvalue weighted by Gasteiger charge is -2.10. The molecular weight excluding hydrogens is 301 g/mol. The number of halogens is 2. The summed E-state index contributed by atoms with van der Waals surface area (Å²) in [6.45, 7) is 1.24. The third-order valence-corrected chi connectivity index (χ3v) is 2.91. The summed E-state index contributed by atoms with van der Waals surface area (Å²) in [5, 5.41) is 11.1. The van der Waals surface area contributed by atoms with Crippen molar-refractivity contribution in [3.8, 4) is 11.5 Å². The molecule has 0 atom stereocenters. The van der Waals surface area contributed by atoms with E-state index in [2.05, 4.69) is 0 Å². The third-order valence-electron chi connectivity index (χ3n) is 2.68. The van der Waals surface area contributed by atoms with E-state index in [0.29, 0.717) is 0 Å². The van der Waals surface area contributed by atoms with Gasteiger partial charge in [0.15, 0.2) is 17.3 Å². The average Bonchev–Trinajstić information content (AvgIpc) is 2.40. The predicted molar refractivity (Wildman–Crippen MR) is 74.6 cm³/mol. The summed E-state index contributed by atoms with van der Waals surface area (Å²) < 4.78 is 19.1. The fourth-order valence-corrected chi connectivity index (χ4v) is 1.88. The van der Waals surface area contributed by atoms with Gasteiger partial charge in [-0.1, -0.05) is 17.7 Å². The highest BCUT2D eigenvalue weighted by Gasteiger charge is 2.20. The Hall–Kier alpha value is -2.47. The summed E-state index contributed by atoms with van der Waals surface area (Å²) in [5.41, 5.74) is -0.388. The Balaban J connectivity index is 2.55. The summed E-state index contributed by atoms with van der Waals surface area (Å²) in [6.07, 6.45) is 0. The lowest BCUT2D eigenvalue weighted by molar-refractivity contribution is -0.385. The number of hydrogen-bond acceptors (Lipinski definition) is 4. The van der Waals surface area contributed by atoms with Gasteiger partial charge in [-0.3, -0.25) is 14.9 Å². The van der Waals surface area contributed by atoms with E-state index in [1.807, 2.05) is 0 Å². The number of nitro benzene ring substituents is 1. The van der Waals surface area contributed by atoms with Gasteiger partial charge in [0.05, 0.1) is 10.5 Å². The summed E-state index contributed by atoms with van der Waals surface area (Å²) in [5.74, 6) is -1.82. The van der Waals surface area contributed by atoms with Crippen molar-refractivity contribution in [2.24, 2.45) is 0 Å². The second-order valence-corrected chi connectivity index (χ2v) is 4.58. The molecule has 5 nitrogen and oxygen atoms in total. The highest BCUT2D eigenvalue weighted by Crippen LogP contribution is 2.36. The van der Waals surface area contributed by atoms with Crippen LogP contribution in [0, 0.1) is 15.9 Å². The van der Waals surface area contributed by atoms with Crippen LogP contribution in [0.1, 0.15) is 17.3 Å². The minimum Gasteiger partial charge on any atom is -0.446 e. The van der Waals surface area contributed by atoms with E-state index in [0.717, 1.165) is 12.1 Å². The van der Waals surface area contributed by atoms with Crippen molar-refractivity contribution >= 4 is 23.1 Å². The largest absolute Gasteiger partial charge is 0.446 e. The number of nitrogens with zero attached hydrogens (tertiary/aromatic N) is 1.